The number of terminal acetylenes is 1. The standard InChI is InChI=1S/C27H30FN3O3/c1-3-15-33-19-24(32)17-30(16-21-9-10-21)18-26-20(2)29-31(23-7-5-4-6-8-23)27(26)34-25-13-11-22(28)12-14-25/h1,4-8,11-14,21,24,32H,9-10,15-19H2,2H3/t24-/m1/s1. The summed E-state index contributed by atoms with van der Waals surface area (Å²) >= 11 is 0. The number of ether oxygens (including phenoxy) is 2. The number of aromatic nitrogens is 2. The lowest BCUT2D eigenvalue weighted by Crippen LogP contribution is -2.36. The summed E-state index contributed by atoms with van der Waals surface area (Å²) in [5.74, 6) is 3.83. The van der Waals surface area contributed by atoms with E-state index >= 15 is 0 Å². The predicted molar refractivity (Wildman–Crippen MR) is 128 cm³/mol. The monoisotopic (exact) mass is 463 g/mol. The van der Waals surface area contributed by atoms with Crippen LogP contribution in [0.15, 0.2) is 54.6 Å². The second kappa shape index (κ2) is 11.3. The van der Waals surface area contributed by atoms with Gasteiger partial charge in [0, 0.05) is 19.6 Å². The summed E-state index contributed by atoms with van der Waals surface area (Å²) in [6.07, 6.45) is 6.97. The van der Waals surface area contributed by atoms with Gasteiger partial charge in [0.05, 0.1) is 29.7 Å². The molecule has 0 aliphatic heterocycles. The van der Waals surface area contributed by atoms with Crippen LogP contribution in [0.5, 0.6) is 11.6 Å². The van der Waals surface area contributed by atoms with Crippen molar-refractivity contribution in [2.24, 2.45) is 5.92 Å². The van der Waals surface area contributed by atoms with Gasteiger partial charge < -0.3 is 14.6 Å². The van der Waals surface area contributed by atoms with Crippen LogP contribution in [0.25, 0.3) is 5.69 Å². The molecular formula is C27H30FN3O3. The first-order chi connectivity index (χ1) is 16.5. The molecule has 0 saturated heterocycles. The highest BCUT2D eigenvalue weighted by Gasteiger charge is 2.28. The number of hydrogen-bond donors (Lipinski definition) is 1. The second-order valence-electron chi connectivity index (χ2n) is 8.68. The molecule has 7 heteroatoms. The predicted octanol–water partition coefficient (Wildman–Crippen LogP) is 4.33. The van der Waals surface area contributed by atoms with E-state index in [1.54, 1.807) is 16.8 Å². The summed E-state index contributed by atoms with van der Waals surface area (Å²) < 4.78 is 26.8. The van der Waals surface area contributed by atoms with Gasteiger partial charge in [-0.15, -0.1) is 6.42 Å². The normalized spacial score (nSPS) is 14.2. The molecule has 0 radical (unpaired) electrons. The van der Waals surface area contributed by atoms with Crippen molar-refractivity contribution in [1.82, 2.24) is 14.7 Å². The first-order valence-electron chi connectivity index (χ1n) is 11.5. The van der Waals surface area contributed by atoms with E-state index < -0.39 is 6.10 Å². The van der Waals surface area contributed by atoms with E-state index in [1.165, 1.54) is 25.0 Å². The lowest BCUT2D eigenvalue weighted by atomic mass is 10.2. The Bertz CT molecular complexity index is 1100. The summed E-state index contributed by atoms with van der Waals surface area (Å²) in [7, 11) is 0. The molecule has 0 bridgehead atoms. The largest absolute Gasteiger partial charge is 0.439 e. The molecule has 1 aromatic heterocycles. The number of hydrogen-bond acceptors (Lipinski definition) is 5. The van der Waals surface area contributed by atoms with Crippen LogP contribution in [0.2, 0.25) is 0 Å². The zero-order valence-corrected chi connectivity index (χ0v) is 19.4. The molecule has 1 atom stereocenters. The highest BCUT2D eigenvalue weighted by atomic mass is 19.1. The molecule has 1 aliphatic carbocycles. The Morgan fingerprint density at radius 1 is 1.21 bits per heavy atom. The van der Waals surface area contributed by atoms with Crippen molar-refractivity contribution in [3.05, 3.63) is 71.7 Å². The molecule has 3 aromatic rings. The van der Waals surface area contributed by atoms with Gasteiger partial charge in [0.15, 0.2) is 0 Å². The van der Waals surface area contributed by atoms with Gasteiger partial charge >= 0.3 is 0 Å². The molecule has 0 unspecified atom stereocenters. The Morgan fingerprint density at radius 3 is 2.62 bits per heavy atom. The van der Waals surface area contributed by atoms with E-state index in [2.05, 4.69) is 10.8 Å². The Hall–Kier alpha value is -3.18. The van der Waals surface area contributed by atoms with Gasteiger partial charge in [-0.25, -0.2) is 9.07 Å². The van der Waals surface area contributed by atoms with Gasteiger partial charge in [-0.1, -0.05) is 24.1 Å². The lowest BCUT2D eigenvalue weighted by Gasteiger charge is -2.25. The maximum Gasteiger partial charge on any atom is 0.227 e. The molecule has 6 nitrogen and oxygen atoms in total. The van der Waals surface area contributed by atoms with Crippen LogP contribution in [0.3, 0.4) is 0 Å². The summed E-state index contributed by atoms with van der Waals surface area (Å²) in [4.78, 5) is 2.22. The highest BCUT2D eigenvalue weighted by molar-refractivity contribution is 5.43. The van der Waals surface area contributed by atoms with E-state index in [0.717, 1.165) is 23.5 Å². The zero-order valence-electron chi connectivity index (χ0n) is 19.4. The fourth-order valence-corrected chi connectivity index (χ4v) is 3.88. The molecule has 1 aliphatic rings. The van der Waals surface area contributed by atoms with E-state index in [1.807, 2.05) is 37.3 Å². The number of aryl methyl sites for hydroxylation is 1. The van der Waals surface area contributed by atoms with Crippen molar-refractivity contribution >= 4 is 0 Å². The SMILES string of the molecule is C#CCOC[C@H](O)CN(Cc1c(C)nn(-c2ccccc2)c1Oc1ccc(F)cc1)CC1CC1. The van der Waals surface area contributed by atoms with Crippen LogP contribution >= 0.6 is 0 Å². The van der Waals surface area contributed by atoms with Crippen LogP contribution in [0.4, 0.5) is 4.39 Å². The molecule has 1 N–H and O–H groups in total. The molecule has 4 rings (SSSR count). The minimum atomic E-state index is -0.655. The highest BCUT2D eigenvalue weighted by Crippen LogP contribution is 2.34. The topological polar surface area (TPSA) is 59.8 Å². The summed E-state index contributed by atoms with van der Waals surface area (Å²) in [6.45, 7) is 4.20. The number of halogens is 1. The molecule has 34 heavy (non-hydrogen) atoms. The third kappa shape index (κ3) is 6.45. The summed E-state index contributed by atoms with van der Waals surface area (Å²) in [6, 6.07) is 15.7. The Balaban J connectivity index is 1.62. The number of aliphatic hydroxyl groups excluding tert-OH is 1. The second-order valence-corrected chi connectivity index (χ2v) is 8.68. The average molecular weight is 464 g/mol. The van der Waals surface area contributed by atoms with Crippen molar-refractivity contribution in [3.8, 4) is 29.7 Å². The van der Waals surface area contributed by atoms with Gasteiger partial charge in [-0.05, 0) is 62.1 Å². The number of nitrogens with zero attached hydrogens (tertiary/aromatic N) is 3. The first kappa shape index (κ1) is 24.0. The fourth-order valence-electron chi connectivity index (χ4n) is 3.88. The van der Waals surface area contributed by atoms with Crippen molar-refractivity contribution in [2.75, 3.05) is 26.3 Å². The van der Waals surface area contributed by atoms with Gasteiger partial charge in [-0.2, -0.15) is 5.10 Å². The molecule has 0 spiro atoms. The quantitative estimate of drug-likeness (QED) is 0.320. The third-order valence-corrected chi connectivity index (χ3v) is 5.73. The van der Waals surface area contributed by atoms with E-state index in [9.17, 15) is 9.50 Å². The first-order valence-corrected chi connectivity index (χ1v) is 11.5. The lowest BCUT2D eigenvalue weighted by molar-refractivity contribution is 0.0250. The third-order valence-electron chi connectivity index (χ3n) is 5.73. The van der Waals surface area contributed by atoms with Crippen molar-refractivity contribution in [2.45, 2.75) is 32.4 Å². The molecule has 0 amide bonds. The van der Waals surface area contributed by atoms with Crippen LogP contribution < -0.4 is 4.74 Å². The van der Waals surface area contributed by atoms with Gasteiger partial charge in [0.2, 0.25) is 5.88 Å². The number of rotatable bonds is 12. The van der Waals surface area contributed by atoms with Gasteiger partial charge in [0.1, 0.15) is 18.2 Å². The molecule has 178 valence electrons. The zero-order chi connectivity index (χ0) is 23.9. The van der Waals surface area contributed by atoms with E-state index in [-0.39, 0.29) is 19.0 Å². The van der Waals surface area contributed by atoms with Gasteiger partial charge in [0.25, 0.3) is 0 Å². The summed E-state index contributed by atoms with van der Waals surface area (Å²) in [5, 5.41) is 15.3. The minimum absolute atomic E-state index is 0.179. The smallest absolute Gasteiger partial charge is 0.227 e. The molecule has 1 fully saturated rings. The molecular weight excluding hydrogens is 433 g/mol. The number of para-hydroxylation sites is 1. The average Bonchev–Trinajstić information content (AvgIpc) is 3.60. The van der Waals surface area contributed by atoms with E-state index in [4.69, 9.17) is 21.0 Å². The maximum absolute atomic E-state index is 13.5. The number of benzene rings is 2. The van der Waals surface area contributed by atoms with Crippen molar-refractivity contribution < 1.29 is 19.0 Å². The Kier molecular flexibility index (Phi) is 7.96. The minimum Gasteiger partial charge on any atom is -0.439 e. The Labute approximate surface area is 199 Å². The molecule has 1 heterocycles. The van der Waals surface area contributed by atoms with Crippen LogP contribution in [-0.4, -0.2) is 52.2 Å². The fraction of sp³-hybridized carbons (Fsp3) is 0.370. The van der Waals surface area contributed by atoms with Gasteiger partial charge in [-0.3, -0.25) is 4.90 Å². The maximum atomic E-state index is 13.5. The molecule has 2 aromatic carbocycles. The van der Waals surface area contributed by atoms with Crippen LogP contribution in [0, 0.1) is 31.0 Å². The molecule has 1 saturated carbocycles. The Morgan fingerprint density at radius 2 is 1.94 bits per heavy atom. The summed E-state index contributed by atoms with van der Waals surface area (Å²) in [5.41, 5.74) is 2.62. The van der Waals surface area contributed by atoms with Crippen molar-refractivity contribution in [1.29, 1.82) is 0 Å². The van der Waals surface area contributed by atoms with Crippen LogP contribution in [0.1, 0.15) is 24.1 Å². The van der Waals surface area contributed by atoms with E-state index in [0.29, 0.717) is 30.6 Å². The van der Waals surface area contributed by atoms with Crippen LogP contribution in [-0.2, 0) is 11.3 Å². The van der Waals surface area contributed by atoms with Crippen molar-refractivity contribution in [3.63, 3.8) is 0 Å². The number of aliphatic hydroxyl groups is 1.